The molecule has 2 aromatic heterocycles. The number of carbonyl (C=O) groups is 1. The van der Waals surface area contributed by atoms with Crippen molar-refractivity contribution in [1.29, 1.82) is 0 Å². The van der Waals surface area contributed by atoms with E-state index < -0.39 is 0 Å². The molecule has 0 bridgehead atoms. The van der Waals surface area contributed by atoms with E-state index in [9.17, 15) is 4.79 Å². The first-order valence-electron chi connectivity index (χ1n) is 7.06. The van der Waals surface area contributed by atoms with Crippen molar-refractivity contribution < 1.29 is 4.79 Å². The van der Waals surface area contributed by atoms with Crippen molar-refractivity contribution in [2.24, 2.45) is 17.6 Å². The first-order chi connectivity index (χ1) is 9.79. The minimum absolute atomic E-state index is 0.0548. The van der Waals surface area contributed by atoms with E-state index in [-0.39, 0.29) is 11.8 Å². The Bertz CT molecular complexity index is 608. The maximum Gasteiger partial charge on any atom is 0.223 e. The molecule has 0 saturated heterocycles. The molecule has 1 fully saturated rings. The molecule has 1 amide bonds. The van der Waals surface area contributed by atoms with Crippen LogP contribution in [0.25, 0.3) is 5.65 Å². The van der Waals surface area contributed by atoms with Gasteiger partial charge in [-0.05, 0) is 37.4 Å². The lowest BCUT2D eigenvalue weighted by molar-refractivity contribution is -0.126. The van der Waals surface area contributed by atoms with E-state index in [4.69, 9.17) is 5.73 Å². The predicted molar refractivity (Wildman–Crippen MR) is 74.7 cm³/mol. The SMILES string of the molecule is NCC1CCCC1C(=O)NCc1nnc2ccccn12. The Kier molecular flexibility index (Phi) is 3.64. The van der Waals surface area contributed by atoms with Gasteiger partial charge in [0.25, 0.3) is 0 Å². The van der Waals surface area contributed by atoms with Gasteiger partial charge in [0.1, 0.15) is 0 Å². The van der Waals surface area contributed by atoms with Gasteiger partial charge in [-0.3, -0.25) is 9.20 Å². The second kappa shape index (κ2) is 5.58. The molecule has 20 heavy (non-hydrogen) atoms. The lowest BCUT2D eigenvalue weighted by atomic mass is 9.95. The Morgan fingerprint density at radius 3 is 3.15 bits per heavy atom. The standard InChI is InChI=1S/C14H19N5O/c15-8-10-4-3-5-11(10)14(20)16-9-13-18-17-12-6-1-2-7-19(12)13/h1-2,6-7,10-11H,3-5,8-9,15H2,(H,16,20). The molecule has 2 heterocycles. The lowest BCUT2D eigenvalue weighted by Crippen LogP contribution is -2.35. The second-order valence-corrected chi connectivity index (χ2v) is 5.30. The minimum atomic E-state index is 0.0548. The molecule has 2 aromatic rings. The van der Waals surface area contributed by atoms with Crippen molar-refractivity contribution in [1.82, 2.24) is 19.9 Å². The Morgan fingerprint density at radius 2 is 2.30 bits per heavy atom. The largest absolute Gasteiger partial charge is 0.349 e. The first kappa shape index (κ1) is 13.1. The maximum absolute atomic E-state index is 12.2. The molecule has 1 aliphatic rings. The summed E-state index contributed by atoms with van der Waals surface area (Å²) in [5, 5.41) is 11.1. The van der Waals surface area contributed by atoms with Crippen LogP contribution in [0.3, 0.4) is 0 Å². The van der Waals surface area contributed by atoms with E-state index in [1.54, 1.807) is 0 Å². The van der Waals surface area contributed by atoms with Crippen LogP contribution in [-0.2, 0) is 11.3 Å². The van der Waals surface area contributed by atoms with Crippen LogP contribution in [0, 0.1) is 11.8 Å². The number of pyridine rings is 1. The third kappa shape index (κ3) is 2.38. The first-order valence-corrected chi connectivity index (χ1v) is 7.06. The molecule has 3 N–H and O–H groups in total. The van der Waals surface area contributed by atoms with Crippen LogP contribution in [0.4, 0.5) is 0 Å². The predicted octanol–water partition coefficient (Wildman–Crippen LogP) is 0.720. The number of hydrogen-bond donors (Lipinski definition) is 2. The summed E-state index contributed by atoms with van der Waals surface area (Å²) in [7, 11) is 0. The van der Waals surface area contributed by atoms with Gasteiger partial charge in [-0.1, -0.05) is 12.5 Å². The van der Waals surface area contributed by atoms with Crippen molar-refractivity contribution in [3.63, 3.8) is 0 Å². The fourth-order valence-electron chi connectivity index (χ4n) is 2.97. The van der Waals surface area contributed by atoms with E-state index in [1.165, 1.54) is 0 Å². The smallest absolute Gasteiger partial charge is 0.223 e. The van der Waals surface area contributed by atoms with E-state index in [2.05, 4.69) is 15.5 Å². The second-order valence-electron chi connectivity index (χ2n) is 5.30. The zero-order valence-corrected chi connectivity index (χ0v) is 11.3. The topological polar surface area (TPSA) is 85.3 Å². The highest BCUT2D eigenvalue weighted by Crippen LogP contribution is 2.30. The summed E-state index contributed by atoms with van der Waals surface area (Å²) in [6, 6.07) is 5.72. The van der Waals surface area contributed by atoms with Gasteiger partial charge in [0.05, 0.1) is 6.54 Å². The Balaban J connectivity index is 1.66. The number of aromatic nitrogens is 3. The van der Waals surface area contributed by atoms with Gasteiger partial charge in [-0.25, -0.2) is 0 Å². The molecule has 0 aliphatic heterocycles. The average Bonchev–Trinajstić information content (AvgIpc) is 3.11. The Labute approximate surface area is 117 Å². The van der Waals surface area contributed by atoms with Crippen LogP contribution >= 0.6 is 0 Å². The quantitative estimate of drug-likeness (QED) is 0.859. The molecule has 106 valence electrons. The summed E-state index contributed by atoms with van der Waals surface area (Å²) in [4.78, 5) is 12.2. The third-order valence-corrected chi connectivity index (χ3v) is 4.10. The molecule has 1 aliphatic carbocycles. The molecule has 3 rings (SSSR count). The highest BCUT2D eigenvalue weighted by atomic mass is 16.1. The summed E-state index contributed by atoms with van der Waals surface area (Å²) in [6.07, 6.45) is 4.99. The van der Waals surface area contributed by atoms with E-state index in [0.717, 1.165) is 30.7 Å². The van der Waals surface area contributed by atoms with Gasteiger partial charge >= 0.3 is 0 Å². The fourth-order valence-corrected chi connectivity index (χ4v) is 2.97. The maximum atomic E-state index is 12.2. The summed E-state index contributed by atoms with van der Waals surface area (Å²) in [5.41, 5.74) is 6.51. The summed E-state index contributed by atoms with van der Waals surface area (Å²) in [6.45, 7) is 0.990. The van der Waals surface area contributed by atoms with Crippen molar-refractivity contribution in [3.05, 3.63) is 30.2 Å². The van der Waals surface area contributed by atoms with E-state index >= 15 is 0 Å². The molecular weight excluding hydrogens is 254 g/mol. The monoisotopic (exact) mass is 273 g/mol. The van der Waals surface area contributed by atoms with Gasteiger partial charge in [-0.2, -0.15) is 0 Å². The van der Waals surface area contributed by atoms with Crippen molar-refractivity contribution in [3.8, 4) is 0 Å². The molecule has 2 atom stereocenters. The molecule has 2 unspecified atom stereocenters. The van der Waals surface area contributed by atoms with Crippen LogP contribution in [0.5, 0.6) is 0 Å². The number of rotatable bonds is 4. The number of carbonyl (C=O) groups excluding carboxylic acids is 1. The average molecular weight is 273 g/mol. The molecule has 0 spiro atoms. The van der Waals surface area contributed by atoms with E-state index in [1.807, 2.05) is 28.8 Å². The van der Waals surface area contributed by atoms with Crippen molar-refractivity contribution in [2.75, 3.05) is 6.54 Å². The molecule has 6 heteroatoms. The molecule has 0 aromatic carbocycles. The van der Waals surface area contributed by atoms with Gasteiger partial charge in [0, 0.05) is 12.1 Å². The Morgan fingerprint density at radius 1 is 1.40 bits per heavy atom. The number of fused-ring (bicyclic) bond motifs is 1. The number of nitrogens with one attached hydrogen (secondary N) is 1. The summed E-state index contributed by atoms with van der Waals surface area (Å²) >= 11 is 0. The van der Waals surface area contributed by atoms with Gasteiger partial charge in [0.15, 0.2) is 11.5 Å². The molecule has 0 radical (unpaired) electrons. The molecule has 1 saturated carbocycles. The van der Waals surface area contributed by atoms with E-state index in [0.29, 0.717) is 19.0 Å². The van der Waals surface area contributed by atoms with Crippen LogP contribution in [0.2, 0.25) is 0 Å². The van der Waals surface area contributed by atoms with Gasteiger partial charge < -0.3 is 11.1 Å². The van der Waals surface area contributed by atoms with Crippen LogP contribution < -0.4 is 11.1 Å². The minimum Gasteiger partial charge on any atom is -0.349 e. The van der Waals surface area contributed by atoms with Crippen LogP contribution in [0.15, 0.2) is 24.4 Å². The normalized spacial score (nSPS) is 22.2. The van der Waals surface area contributed by atoms with Crippen molar-refractivity contribution >= 4 is 11.6 Å². The van der Waals surface area contributed by atoms with Crippen molar-refractivity contribution in [2.45, 2.75) is 25.8 Å². The Hall–Kier alpha value is -1.95. The highest BCUT2D eigenvalue weighted by Gasteiger charge is 2.31. The summed E-state index contributed by atoms with van der Waals surface area (Å²) < 4.78 is 1.88. The lowest BCUT2D eigenvalue weighted by Gasteiger charge is -2.16. The van der Waals surface area contributed by atoms with Gasteiger partial charge in [0.2, 0.25) is 5.91 Å². The molecule has 6 nitrogen and oxygen atoms in total. The molecular formula is C14H19N5O. The fraction of sp³-hybridized carbons (Fsp3) is 0.500. The zero-order valence-electron chi connectivity index (χ0n) is 11.3. The van der Waals surface area contributed by atoms with Crippen LogP contribution in [-0.4, -0.2) is 27.0 Å². The summed E-state index contributed by atoms with van der Waals surface area (Å²) in [5.74, 6) is 1.21. The third-order valence-electron chi connectivity index (χ3n) is 4.10. The zero-order chi connectivity index (χ0) is 13.9. The number of hydrogen-bond acceptors (Lipinski definition) is 4. The van der Waals surface area contributed by atoms with Gasteiger partial charge in [-0.15, -0.1) is 10.2 Å². The number of nitrogens with two attached hydrogens (primary N) is 1. The number of amides is 1. The highest BCUT2D eigenvalue weighted by molar-refractivity contribution is 5.79. The van der Waals surface area contributed by atoms with Crippen LogP contribution in [0.1, 0.15) is 25.1 Å². The number of nitrogens with zero attached hydrogens (tertiary/aromatic N) is 3.